The van der Waals surface area contributed by atoms with Crippen LogP contribution in [0.4, 0.5) is 17.1 Å². The lowest BCUT2D eigenvalue weighted by molar-refractivity contribution is -0.117. The molecule has 1 fully saturated rings. The summed E-state index contributed by atoms with van der Waals surface area (Å²) in [4.78, 5) is 25.7. The maximum atomic E-state index is 13.0. The number of halogens is 5. The standard InChI is InChI=1S/C24H18Cl5N3O2/c1-11-7-14(30)5-6-18(11)32-22(33)12-3-2-4-15(8-12)31-23(34)20-19(24(20,28)29)13-9-16(25)21(27)17(26)10-13/h2-10,19-20H,30H2,1H3,(H,31,34)(H,32,33)/t19-,20+/m0/s1. The Morgan fingerprint density at radius 3 is 2.26 bits per heavy atom. The van der Waals surface area contributed by atoms with Gasteiger partial charge in [-0.25, -0.2) is 0 Å². The molecule has 3 aromatic carbocycles. The van der Waals surface area contributed by atoms with E-state index in [0.717, 1.165) is 5.56 Å². The molecule has 3 aromatic rings. The highest BCUT2D eigenvalue weighted by molar-refractivity contribution is 6.54. The Morgan fingerprint density at radius 2 is 1.62 bits per heavy atom. The number of hydrogen-bond donors (Lipinski definition) is 3. The third-order valence-electron chi connectivity index (χ3n) is 5.59. The average molecular weight is 558 g/mol. The fourth-order valence-corrected chi connectivity index (χ4v) is 5.24. The number of carbonyl (C=O) groups excluding carboxylic acids is 2. The molecule has 5 nitrogen and oxygen atoms in total. The summed E-state index contributed by atoms with van der Waals surface area (Å²) in [6.45, 7) is 1.85. The van der Waals surface area contributed by atoms with Crippen molar-refractivity contribution in [1.29, 1.82) is 0 Å². The number of aryl methyl sites for hydroxylation is 1. The molecule has 1 saturated carbocycles. The zero-order chi connectivity index (χ0) is 24.8. The van der Waals surface area contributed by atoms with Crippen LogP contribution in [0.3, 0.4) is 0 Å². The van der Waals surface area contributed by atoms with Crippen LogP contribution in [0.25, 0.3) is 0 Å². The number of benzene rings is 3. The van der Waals surface area contributed by atoms with Crippen LogP contribution in [-0.4, -0.2) is 16.1 Å². The van der Waals surface area contributed by atoms with Gasteiger partial charge in [0.05, 0.1) is 21.0 Å². The van der Waals surface area contributed by atoms with Crippen molar-refractivity contribution in [2.75, 3.05) is 16.4 Å². The van der Waals surface area contributed by atoms with E-state index in [4.69, 9.17) is 63.7 Å². The van der Waals surface area contributed by atoms with E-state index in [1.165, 1.54) is 0 Å². The lowest BCUT2D eigenvalue weighted by Crippen LogP contribution is -2.18. The van der Waals surface area contributed by atoms with Crippen LogP contribution in [-0.2, 0) is 4.79 Å². The van der Waals surface area contributed by atoms with Gasteiger partial charge in [-0.15, -0.1) is 23.2 Å². The molecule has 1 aliphatic carbocycles. The van der Waals surface area contributed by atoms with E-state index in [0.29, 0.717) is 28.2 Å². The highest BCUT2D eigenvalue weighted by atomic mass is 35.5. The number of nitrogens with two attached hydrogens (primary N) is 1. The summed E-state index contributed by atoms with van der Waals surface area (Å²) < 4.78 is -1.34. The first kappa shape index (κ1) is 25.0. The van der Waals surface area contributed by atoms with E-state index < -0.39 is 22.1 Å². The minimum Gasteiger partial charge on any atom is -0.399 e. The lowest BCUT2D eigenvalue weighted by atomic mass is 10.1. The summed E-state index contributed by atoms with van der Waals surface area (Å²) in [6.07, 6.45) is 0. The molecule has 0 aromatic heterocycles. The Morgan fingerprint density at radius 1 is 0.941 bits per heavy atom. The Labute approximate surface area is 221 Å². The minimum absolute atomic E-state index is 0.215. The third kappa shape index (κ3) is 4.95. The van der Waals surface area contributed by atoms with E-state index in [9.17, 15) is 9.59 Å². The molecule has 1 aliphatic rings. The number of carbonyl (C=O) groups is 2. The zero-order valence-electron chi connectivity index (χ0n) is 17.6. The van der Waals surface area contributed by atoms with Crippen molar-refractivity contribution in [2.45, 2.75) is 17.2 Å². The molecular weight excluding hydrogens is 540 g/mol. The molecular formula is C24H18Cl5N3O2. The average Bonchev–Trinajstić information content (AvgIpc) is 3.35. The lowest BCUT2D eigenvalue weighted by Gasteiger charge is -2.11. The smallest absolute Gasteiger partial charge is 0.255 e. The van der Waals surface area contributed by atoms with Crippen LogP contribution in [0.15, 0.2) is 54.6 Å². The maximum Gasteiger partial charge on any atom is 0.255 e. The van der Waals surface area contributed by atoms with Gasteiger partial charge in [0, 0.05) is 28.5 Å². The van der Waals surface area contributed by atoms with Crippen molar-refractivity contribution >= 4 is 86.9 Å². The van der Waals surface area contributed by atoms with E-state index in [1.54, 1.807) is 54.6 Å². The van der Waals surface area contributed by atoms with E-state index in [-0.39, 0.29) is 21.0 Å². The predicted octanol–water partition coefficient (Wildman–Crippen LogP) is 7.32. The summed E-state index contributed by atoms with van der Waals surface area (Å²) in [5.41, 5.74) is 9.24. The first-order valence-electron chi connectivity index (χ1n) is 10.1. The second-order valence-corrected chi connectivity index (χ2v) is 10.7. The number of anilines is 3. The summed E-state index contributed by atoms with van der Waals surface area (Å²) in [5.74, 6) is -2.01. The molecule has 10 heteroatoms. The highest BCUT2D eigenvalue weighted by Gasteiger charge is 2.67. The fourth-order valence-electron chi connectivity index (χ4n) is 3.80. The minimum atomic E-state index is -1.34. The van der Waals surface area contributed by atoms with Gasteiger partial charge in [0.15, 0.2) is 0 Å². The van der Waals surface area contributed by atoms with Crippen molar-refractivity contribution in [3.8, 4) is 0 Å². The van der Waals surface area contributed by atoms with Crippen molar-refractivity contribution in [3.05, 3.63) is 86.4 Å². The number of amides is 2. The van der Waals surface area contributed by atoms with E-state index >= 15 is 0 Å². The second kappa shape index (κ2) is 9.48. The van der Waals surface area contributed by atoms with Crippen molar-refractivity contribution < 1.29 is 9.59 Å². The fraction of sp³-hybridized carbons (Fsp3) is 0.167. The van der Waals surface area contributed by atoms with Crippen LogP contribution < -0.4 is 16.4 Å². The molecule has 0 unspecified atom stereocenters. The molecule has 4 rings (SSSR count). The first-order valence-corrected chi connectivity index (χ1v) is 12.0. The Bertz CT molecular complexity index is 1290. The van der Waals surface area contributed by atoms with Crippen LogP contribution in [0.1, 0.15) is 27.4 Å². The predicted molar refractivity (Wildman–Crippen MR) is 141 cm³/mol. The molecule has 0 bridgehead atoms. The van der Waals surface area contributed by atoms with Crippen molar-refractivity contribution in [2.24, 2.45) is 5.92 Å². The third-order valence-corrected chi connectivity index (χ3v) is 7.73. The van der Waals surface area contributed by atoms with Crippen LogP contribution in [0.5, 0.6) is 0 Å². The summed E-state index contributed by atoms with van der Waals surface area (Å²) in [7, 11) is 0. The van der Waals surface area contributed by atoms with Crippen molar-refractivity contribution in [1.82, 2.24) is 0 Å². The molecule has 0 heterocycles. The molecule has 2 amide bonds. The number of nitrogens with one attached hydrogen (secondary N) is 2. The Hall–Kier alpha value is -2.15. The second-order valence-electron chi connectivity index (χ2n) is 8.03. The number of rotatable bonds is 5. The van der Waals surface area contributed by atoms with Crippen LogP contribution >= 0.6 is 58.0 Å². The SMILES string of the molecule is Cc1cc(N)ccc1NC(=O)c1cccc(NC(=O)[C@H]2[C@H](c3cc(Cl)c(Cl)c(Cl)c3)C2(Cl)Cl)c1. The quantitative estimate of drug-likeness (QED) is 0.175. The van der Waals surface area contributed by atoms with Gasteiger partial charge < -0.3 is 16.4 Å². The molecule has 2 atom stereocenters. The van der Waals surface area contributed by atoms with Crippen LogP contribution in [0, 0.1) is 12.8 Å². The summed E-state index contributed by atoms with van der Waals surface area (Å²) >= 11 is 31.1. The Balaban J connectivity index is 1.48. The van der Waals surface area contributed by atoms with E-state index in [1.807, 2.05) is 6.92 Å². The van der Waals surface area contributed by atoms with Gasteiger partial charge in [0.25, 0.3) is 5.91 Å². The van der Waals surface area contributed by atoms with Crippen molar-refractivity contribution in [3.63, 3.8) is 0 Å². The largest absolute Gasteiger partial charge is 0.399 e. The highest BCUT2D eigenvalue weighted by Crippen LogP contribution is 2.65. The maximum absolute atomic E-state index is 13.0. The van der Waals surface area contributed by atoms with Gasteiger partial charge in [-0.1, -0.05) is 40.9 Å². The van der Waals surface area contributed by atoms with Gasteiger partial charge in [-0.3, -0.25) is 9.59 Å². The van der Waals surface area contributed by atoms with Gasteiger partial charge >= 0.3 is 0 Å². The summed E-state index contributed by atoms with van der Waals surface area (Å²) in [5, 5.41) is 6.33. The van der Waals surface area contributed by atoms with Gasteiger partial charge in [-0.2, -0.15) is 0 Å². The van der Waals surface area contributed by atoms with Gasteiger partial charge in [0.1, 0.15) is 4.33 Å². The van der Waals surface area contributed by atoms with Gasteiger partial charge in [-0.05, 0) is 66.6 Å². The summed E-state index contributed by atoms with van der Waals surface area (Å²) in [6, 6.07) is 14.9. The van der Waals surface area contributed by atoms with E-state index in [2.05, 4.69) is 10.6 Å². The number of alkyl halides is 2. The van der Waals surface area contributed by atoms with Gasteiger partial charge in [0.2, 0.25) is 5.91 Å². The molecule has 0 spiro atoms. The monoisotopic (exact) mass is 555 g/mol. The molecule has 0 aliphatic heterocycles. The first-order chi connectivity index (χ1) is 16.0. The molecule has 176 valence electrons. The van der Waals surface area contributed by atoms with Crippen LogP contribution in [0.2, 0.25) is 15.1 Å². The molecule has 4 N–H and O–H groups in total. The normalized spacial score (nSPS) is 18.3. The topological polar surface area (TPSA) is 84.2 Å². The molecule has 0 saturated heterocycles. The number of hydrogen-bond acceptors (Lipinski definition) is 3. The molecule has 34 heavy (non-hydrogen) atoms. The Kier molecular flexibility index (Phi) is 6.96. The number of nitrogen functional groups attached to an aromatic ring is 1. The molecule has 0 radical (unpaired) electrons. The zero-order valence-corrected chi connectivity index (χ0v) is 21.4.